The number of aromatic amines is 1. The van der Waals surface area contributed by atoms with Crippen molar-refractivity contribution in [1.29, 1.82) is 0 Å². The van der Waals surface area contributed by atoms with E-state index < -0.39 is 11.7 Å². The number of halogens is 4. The third kappa shape index (κ3) is 5.00. The van der Waals surface area contributed by atoms with E-state index in [9.17, 15) is 18.0 Å². The molecule has 0 spiro atoms. The van der Waals surface area contributed by atoms with Gasteiger partial charge in [0.2, 0.25) is 5.95 Å². The zero-order valence-corrected chi connectivity index (χ0v) is 21.9. The number of anilines is 1. The first kappa shape index (κ1) is 26.5. The summed E-state index contributed by atoms with van der Waals surface area (Å²) in [6, 6.07) is 5.92. The summed E-state index contributed by atoms with van der Waals surface area (Å²) in [5.74, 6) is 1.44. The van der Waals surface area contributed by atoms with Gasteiger partial charge in [0.05, 0.1) is 29.1 Å². The Labute approximate surface area is 225 Å². The molecule has 204 valence electrons. The molecule has 6 rings (SSSR count). The predicted molar refractivity (Wildman–Crippen MR) is 138 cm³/mol. The molecule has 1 saturated carbocycles. The van der Waals surface area contributed by atoms with Gasteiger partial charge >= 0.3 is 6.18 Å². The van der Waals surface area contributed by atoms with Crippen molar-refractivity contribution in [2.75, 3.05) is 31.1 Å². The van der Waals surface area contributed by atoms with Gasteiger partial charge in [-0.25, -0.2) is 0 Å². The van der Waals surface area contributed by atoms with E-state index in [4.69, 9.17) is 0 Å². The second-order valence-electron chi connectivity index (χ2n) is 10.4. The Morgan fingerprint density at radius 2 is 1.74 bits per heavy atom. The number of alkyl halides is 3. The summed E-state index contributed by atoms with van der Waals surface area (Å²) < 4.78 is 42.8. The maximum Gasteiger partial charge on any atom is 0.416 e. The van der Waals surface area contributed by atoms with Gasteiger partial charge in [0.25, 0.3) is 5.91 Å². The third-order valence-electron chi connectivity index (χ3n) is 7.91. The Balaban J connectivity index is 0.00000294. The Kier molecular flexibility index (Phi) is 7.15. The average Bonchev–Trinajstić information content (AvgIpc) is 3.27. The highest BCUT2D eigenvalue weighted by Crippen LogP contribution is 2.44. The van der Waals surface area contributed by atoms with Crippen LogP contribution in [0.4, 0.5) is 19.1 Å². The molecule has 1 N–H and O–H groups in total. The average molecular weight is 550 g/mol. The molecule has 2 aromatic heterocycles. The molecule has 2 aliphatic heterocycles. The van der Waals surface area contributed by atoms with Crippen LogP contribution in [0.2, 0.25) is 0 Å². The molecular weight excluding hydrogens is 519 g/mol. The molecular formula is C26H31ClF3N7O. The second kappa shape index (κ2) is 10.2. The maximum atomic E-state index is 13.6. The quantitative estimate of drug-likeness (QED) is 0.479. The number of carbonyl (C=O) groups is 1. The number of aromatic nitrogens is 5. The molecule has 8 nitrogen and oxygen atoms in total. The van der Waals surface area contributed by atoms with Crippen molar-refractivity contribution in [3.8, 4) is 0 Å². The van der Waals surface area contributed by atoms with E-state index in [-0.39, 0.29) is 42.4 Å². The highest BCUT2D eigenvalue weighted by molar-refractivity contribution is 5.95. The lowest BCUT2D eigenvalue weighted by molar-refractivity contribution is -0.138. The fourth-order valence-corrected chi connectivity index (χ4v) is 5.87. The Bertz CT molecular complexity index is 1290. The normalized spacial score (nSPS) is 20.6. The van der Waals surface area contributed by atoms with Gasteiger partial charge in [0.15, 0.2) is 0 Å². The molecule has 0 unspecified atom stereocenters. The lowest BCUT2D eigenvalue weighted by atomic mass is 9.93. The van der Waals surface area contributed by atoms with Crippen LogP contribution in [0.3, 0.4) is 0 Å². The SMILES string of the molecule is Cc1nnc(N2CCC(n3ncc(C(=O)N4CC[C@@H](c5ccccc5C(F)(F)F)C4)c3C3CC3)CC2)[nH]1.Cl. The molecule has 12 heteroatoms. The van der Waals surface area contributed by atoms with Crippen molar-refractivity contribution in [2.45, 2.75) is 63.1 Å². The van der Waals surface area contributed by atoms with Crippen LogP contribution in [0.15, 0.2) is 30.5 Å². The van der Waals surface area contributed by atoms with Crippen LogP contribution in [-0.2, 0) is 6.18 Å². The van der Waals surface area contributed by atoms with Crippen molar-refractivity contribution in [2.24, 2.45) is 0 Å². The fraction of sp³-hybridized carbons (Fsp3) is 0.538. The first-order chi connectivity index (χ1) is 17.8. The maximum absolute atomic E-state index is 13.6. The monoisotopic (exact) mass is 549 g/mol. The van der Waals surface area contributed by atoms with Gasteiger partial charge < -0.3 is 14.8 Å². The van der Waals surface area contributed by atoms with E-state index in [0.29, 0.717) is 24.4 Å². The van der Waals surface area contributed by atoms with Crippen LogP contribution in [0.1, 0.15) is 83.0 Å². The van der Waals surface area contributed by atoms with Gasteiger partial charge in [-0.15, -0.1) is 22.6 Å². The predicted octanol–water partition coefficient (Wildman–Crippen LogP) is 5.10. The topological polar surface area (TPSA) is 82.9 Å². The fourth-order valence-electron chi connectivity index (χ4n) is 5.87. The van der Waals surface area contributed by atoms with E-state index in [1.807, 2.05) is 6.92 Å². The third-order valence-corrected chi connectivity index (χ3v) is 7.91. The Morgan fingerprint density at radius 3 is 2.39 bits per heavy atom. The number of amides is 1. The number of nitrogens with one attached hydrogen (secondary N) is 1. The zero-order chi connectivity index (χ0) is 25.7. The van der Waals surface area contributed by atoms with Crippen LogP contribution < -0.4 is 4.90 Å². The van der Waals surface area contributed by atoms with Crippen LogP contribution >= 0.6 is 12.4 Å². The first-order valence-electron chi connectivity index (χ1n) is 13.0. The lowest BCUT2D eigenvalue weighted by Gasteiger charge is -2.32. The van der Waals surface area contributed by atoms with Crippen LogP contribution in [0.5, 0.6) is 0 Å². The number of aryl methyl sites for hydroxylation is 1. The molecule has 1 aromatic carbocycles. The molecule has 4 heterocycles. The highest BCUT2D eigenvalue weighted by Gasteiger charge is 2.40. The van der Waals surface area contributed by atoms with Crippen molar-refractivity contribution in [3.05, 3.63) is 58.7 Å². The van der Waals surface area contributed by atoms with Gasteiger partial charge in [-0.2, -0.15) is 18.3 Å². The van der Waals surface area contributed by atoms with E-state index in [1.165, 1.54) is 6.07 Å². The van der Waals surface area contributed by atoms with Gasteiger partial charge in [0.1, 0.15) is 5.82 Å². The van der Waals surface area contributed by atoms with Crippen molar-refractivity contribution in [3.63, 3.8) is 0 Å². The van der Waals surface area contributed by atoms with Crippen LogP contribution in [0, 0.1) is 6.92 Å². The van der Waals surface area contributed by atoms with Gasteiger partial charge in [-0.1, -0.05) is 18.2 Å². The van der Waals surface area contributed by atoms with E-state index in [2.05, 4.69) is 29.9 Å². The van der Waals surface area contributed by atoms with Gasteiger partial charge in [-0.05, 0) is 50.7 Å². The number of benzene rings is 1. The Morgan fingerprint density at radius 1 is 1.00 bits per heavy atom. The number of hydrogen-bond acceptors (Lipinski definition) is 5. The summed E-state index contributed by atoms with van der Waals surface area (Å²) in [5.41, 5.74) is 1.28. The van der Waals surface area contributed by atoms with E-state index in [0.717, 1.165) is 62.3 Å². The molecule has 0 radical (unpaired) electrons. The smallest absolute Gasteiger partial charge is 0.341 e. The minimum atomic E-state index is -4.41. The van der Waals surface area contributed by atoms with Crippen LogP contribution in [0.25, 0.3) is 0 Å². The number of likely N-dealkylation sites (tertiary alicyclic amines) is 1. The van der Waals surface area contributed by atoms with Crippen molar-refractivity contribution in [1.82, 2.24) is 29.9 Å². The lowest BCUT2D eigenvalue weighted by Crippen LogP contribution is -2.36. The summed E-state index contributed by atoms with van der Waals surface area (Å²) in [6.07, 6.45) is 1.62. The first-order valence-corrected chi connectivity index (χ1v) is 13.0. The molecule has 1 aliphatic carbocycles. The second-order valence-corrected chi connectivity index (χ2v) is 10.4. The largest absolute Gasteiger partial charge is 0.416 e. The number of rotatable bonds is 5. The van der Waals surface area contributed by atoms with Gasteiger partial charge in [0, 0.05) is 38.0 Å². The summed E-state index contributed by atoms with van der Waals surface area (Å²) in [7, 11) is 0. The van der Waals surface area contributed by atoms with Crippen molar-refractivity contribution >= 4 is 24.3 Å². The summed E-state index contributed by atoms with van der Waals surface area (Å²) in [6.45, 7) is 4.25. The zero-order valence-electron chi connectivity index (χ0n) is 21.1. The van der Waals surface area contributed by atoms with Gasteiger partial charge in [-0.3, -0.25) is 9.48 Å². The Hall–Kier alpha value is -3.08. The molecule has 0 bridgehead atoms. The summed E-state index contributed by atoms with van der Waals surface area (Å²) in [5, 5.41) is 12.9. The molecule has 38 heavy (non-hydrogen) atoms. The minimum absolute atomic E-state index is 0. The molecule has 1 amide bonds. The minimum Gasteiger partial charge on any atom is -0.341 e. The van der Waals surface area contributed by atoms with E-state index >= 15 is 0 Å². The molecule has 2 saturated heterocycles. The number of piperidine rings is 1. The summed E-state index contributed by atoms with van der Waals surface area (Å²) in [4.78, 5) is 20.7. The number of hydrogen-bond donors (Lipinski definition) is 1. The van der Waals surface area contributed by atoms with Crippen LogP contribution in [-0.4, -0.2) is 61.9 Å². The number of nitrogens with zero attached hydrogens (tertiary/aromatic N) is 6. The molecule has 3 aliphatic rings. The van der Waals surface area contributed by atoms with Crippen molar-refractivity contribution < 1.29 is 18.0 Å². The standard InChI is InChI=1S/C26H30F3N7O.ClH/c1-16-31-25(33-32-16)34-12-9-19(10-13-34)36-23(17-6-7-17)21(14-30-36)24(37)35-11-8-18(15-35)20-4-2-3-5-22(20)26(27,28)29;/h2-5,14,17-19H,6-13,15H2,1H3,(H,31,32,33);1H/t18-;/m1./s1. The molecule has 3 fully saturated rings. The highest BCUT2D eigenvalue weighted by atomic mass is 35.5. The number of H-pyrrole nitrogens is 1. The molecule has 3 aromatic rings. The summed E-state index contributed by atoms with van der Waals surface area (Å²) >= 11 is 0. The number of carbonyl (C=O) groups excluding carboxylic acids is 1. The van der Waals surface area contributed by atoms with E-state index in [1.54, 1.807) is 23.2 Å². The molecule has 1 atom stereocenters.